The van der Waals surface area contributed by atoms with Gasteiger partial charge in [0.15, 0.2) is 6.61 Å². The molecule has 0 saturated carbocycles. The van der Waals surface area contributed by atoms with Gasteiger partial charge in [-0.15, -0.1) is 0 Å². The van der Waals surface area contributed by atoms with E-state index in [1.165, 1.54) is 11.4 Å². The minimum Gasteiger partial charge on any atom is -0.484 e. The molecule has 1 heterocycles. The van der Waals surface area contributed by atoms with Crippen molar-refractivity contribution in [1.82, 2.24) is 9.80 Å². The van der Waals surface area contributed by atoms with Crippen LogP contribution in [0.5, 0.6) is 5.75 Å². The Morgan fingerprint density at radius 1 is 1.00 bits per heavy atom. The van der Waals surface area contributed by atoms with E-state index in [-0.39, 0.29) is 17.4 Å². The number of piperazine rings is 1. The summed E-state index contributed by atoms with van der Waals surface area (Å²) in [7, 11) is -0.0763. The fourth-order valence-electron chi connectivity index (χ4n) is 2.93. The van der Waals surface area contributed by atoms with Crippen molar-refractivity contribution < 1.29 is 17.9 Å². The van der Waals surface area contributed by atoms with Crippen LogP contribution in [-0.2, 0) is 14.8 Å². The molecule has 7 nitrogen and oxygen atoms in total. The first-order valence-corrected chi connectivity index (χ1v) is 10.5. The number of benzene rings is 2. The monoisotopic (exact) mass is 403 g/mol. The summed E-state index contributed by atoms with van der Waals surface area (Å²) in [6, 6.07) is 14.9. The Kier molecular flexibility index (Phi) is 6.21. The summed E-state index contributed by atoms with van der Waals surface area (Å²) < 4.78 is 32.1. The number of ether oxygens (including phenoxy) is 1. The molecule has 28 heavy (non-hydrogen) atoms. The fourth-order valence-corrected chi connectivity index (χ4v) is 4.15. The Labute approximate surface area is 166 Å². The minimum atomic E-state index is -3.62. The van der Waals surface area contributed by atoms with Crippen molar-refractivity contribution in [2.45, 2.75) is 4.90 Å². The van der Waals surface area contributed by atoms with E-state index in [1.807, 2.05) is 7.05 Å². The molecule has 0 N–H and O–H groups in total. The molecule has 0 aliphatic carbocycles. The number of anilines is 1. The summed E-state index contributed by atoms with van der Waals surface area (Å²) in [4.78, 5) is 16.5. The number of amides is 1. The average molecular weight is 404 g/mol. The Bertz CT molecular complexity index is 893. The molecule has 1 saturated heterocycles. The van der Waals surface area contributed by atoms with Crippen LogP contribution in [0.25, 0.3) is 0 Å². The Hall–Kier alpha value is -2.58. The van der Waals surface area contributed by atoms with Crippen LogP contribution in [0.3, 0.4) is 0 Å². The lowest BCUT2D eigenvalue weighted by Gasteiger charge is -2.32. The van der Waals surface area contributed by atoms with Crippen molar-refractivity contribution in [3.8, 4) is 5.75 Å². The van der Waals surface area contributed by atoms with Gasteiger partial charge in [-0.05, 0) is 43.4 Å². The third-order valence-electron chi connectivity index (χ3n) is 4.82. The van der Waals surface area contributed by atoms with Gasteiger partial charge in [0.25, 0.3) is 15.9 Å². The van der Waals surface area contributed by atoms with Gasteiger partial charge in [-0.2, -0.15) is 0 Å². The average Bonchev–Trinajstić information content (AvgIpc) is 2.73. The molecule has 1 aliphatic rings. The van der Waals surface area contributed by atoms with Crippen molar-refractivity contribution in [3.63, 3.8) is 0 Å². The number of carbonyl (C=O) groups is 1. The number of hydrogen-bond donors (Lipinski definition) is 0. The van der Waals surface area contributed by atoms with Crippen LogP contribution < -0.4 is 9.04 Å². The van der Waals surface area contributed by atoms with E-state index in [1.54, 1.807) is 59.5 Å². The molecule has 0 spiro atoms. The molecule has 0 bridgehead atoms. The zero-order valence-electron chi connectivity index (χ0n) is 16.1. The number of likely N-dealkylation sites (N-methyl/N-ethyl adjacent to an activating group) is 1. The second kappa shape index (κ2) is 8.62. The molecule has 0 radical (unpaired) electrons. The molecule has 0 aromatic heterocycles. The highest BCUT2D eigenvalue weighted by molar-refractivity contribution is 7.92. The Morgan fingerprint density at radius 2 is 1.61 bits per heavy atom. The zero-order valence-corrected chi connectivity index (χ0v) is 16.9. The standard InChI is InChI=1S/C20H25N3O4S/c1-21-12-14-23(15-13-21)20(24)16-27-18-10-8-17(9-11-18)22(2)28(25,26)19-6-4-3-5-7-19/h3-11H,12-16H2,1-2H3. The maximum atomic E-state index is 12.7. The van der Waals surface area contributed by atoms with Gasteiger partial charge < -0.3 is 14.5 Å². The molecule has 2 aromatic rings. The van der Waals surface area contributed by atoms with Crippen LogP contribution in [0.1, 0.15) is 0 Å². The summed E-state index contributed by atoms with van der Waals surface area (Å²) >= 11 is 0. The van der Waals surface area contributed by atoms with E-state index < -0.39 is 10.0 Å². The highest BCUT2D eigenvalue weighted by Gasteiger charge is 2.21. The Balaban J connectivity index is 1.59. The zero-order chi connectivity index (χ0) is 20.1. The molecule has 0 atom stereocenters. The molecular formula is C20H25N3O4S. The van der Waals surface area contributed by atoms with Gasteiger partial charge in [0.2, 0.25) is 0 Å². The summed E-state index contributed by atoms with van der Waals surface area (Å²) in [5, 5.41) is 0. The van der Waals surface area contributed by atoms with E-state index >= 15 is 0 Å². The SMILES string of the molecule is CN1CCN(C(=O)COc2ccc(N(C)S(=O)(=O)c3ccccc3)cc2)CC1. The van der Waals surface area contributed by atoms with Crippen LogP contribution in [0, 0.1) is 0 Å². The molecule has 2 aromatic carbocycles. The smallest absolute Gasteiger partial charge is 0.264 e. The first kappa shape index (κ1) is 20.2. The highest BCUT2D eigenvalue weighted by Crippen LogP contribution is 2.24. The van der Waals surface area contributed by atoms with Crippen LogP contribution in [0.2, 0.25) is 0 Å². The van der Waals surface area contributed by atoms with Crippen LogP contribution in [0.15, 0.2) is 59.5 Å². The molecule has 1 aliphatic heterocycles. The maximum absolute atomic E-state index is 12.7. The predicted octanol–water partition coefficient (Wildman–Crippen LogP) is 1.66. The van der Waals surface area contributed by atoms with Crippen molar-refractivity contribution >= 4 is 21.6 Å². The van der Waals surface area contributed by atoms with Crippen LogP contribution >= 0.6 is 0 Å². The lowest BCUT2D eigenvalue weighted by molar-refractivity contribution is -0.134. The van der Waals surface area contributed by atoms with Gasteiger partial charge in [0, 0.05) is 33.2 Å². The molecular weight excluding hydrogens is 378 g/mol. The van der Waals surface area contributed by atoms with Crippen molar-refractivity contribution in [2.24, 2.45) is 0 Å². The topological polar surface area (TPSA) is 70.2 Å². The van der Waals surface area contributed by atoms with Crippen molar-refractivity contribution in [1.29, 1.82) is 0 Å². The molecule has 150 valence electrons. The number of carbonyl (C=O) groups excluding carboxylic acids is 1. The number of nitrogens with zero attached hydrogens (tertiary/aromatic N) is 3. The minimum absolute atomic E-state index is 0.0266. The quantitative estimate of drug-likeness (QED) is 0.734. The van der Waals surface area contributed by atoms with Crippen molar-refractivity contribution in [2.75, 3.05) is 51.2 Å². The third kappa shape index (κ3) is 4.63. The lowest BCUT2D eigenvalue weighted by Crippen LogP contribution is -2.48. The van der Waals surface area contributed by atoms with E-state index in [9.17, 15) is 13.2 Å². The molecule has 0 unspecified atom stereocenters. The number of sulfonamides is 1. The lowest BCUT2D eigenvalue weighted by atomic mass is 10.3. The van der Waals surface area contributed by atoms with Crippen molar-refractivity contribution in [3.05, 3.63) is 54.6 Å². The van der Waals surface area contributed by atoms with E-state index in [0.717, 1.165) is 13.1 Å². The van der Waals surface area contributed by atoms with E-state index in [0.29, 0.717) is 24.5 Å². The summed E-state index contributed by atoms with van der Waals surface area (Å²) in [6.07, 6.45) is 0. The molecule has 8 heteroatoms. The maximum Gasteiger partial charge on any atom is 0.264 e. The Morgan fingerprint density at radius 3 is 2.21 bits per heavy atom. The fraction of sp³-hybridized carbons (Fsp3) is 0.350. The highest BCUT2D eigenvalue weighted by atomic mass is 32.2. The number of rotatable bonds is 6. The molecule has 3 rings (SSSR count). The second-order valence-corrected chi connectivity index (χ2v) is 8.72. The van der Waals surface area contributed by atoms with Gasteiger partial charge in [-0.3, -0.25) is 9.10 Å². The molecule has 1 amide bonds. The van der Waals surface area contributed by atoms with Gasteiger partial charge in [-0.25, -0.2) is 8.42 Å². The summed E-state index contributed by atoms with van der Waals surface area (Å²) in [6.45, 7) is 3.12. The van der Waals surface area contributed by atoms with Gasteiger partial charge >= 0.3 is 0 Å². The summed E-state index contributed by atoms with van der Waals surface area (Å²) in [5.74, 6) is 0.484. The van der Waals surface area contributed by atoms with Gasteiger partial charge in [0.05, 0.1) is 10.6 Å². The van der Waals surface area contributed by atoms with E-state index in [4.69, 9.17) is 4.74 Å². The van der Waals surface area contributed by atoms with Crippen LogP contribution in [0.4, 0.5) is 5.69 Å². The predicted molar refractivity (Wildman–Crippen MR) is 108 cm³/mol. The van der Waals surface area contributed by atoms with Gasteiger partial charge in [-0.1, -0.05) is 18.2 Å². The van der Waals surface area contributed by atoms with E-state index in [2.05, 4.69) is 4.90 Å². The molecule has 1 fully saturated rings. The number of hydrogen-bond acceptors (Lipinski definition) is 5. The largest absolute Gasteiger partial charge is 0.484 e. The summed E-state index contributed by atoms with van der Waals surface area (Å²) in [5.41, 5.74) is 0.515. The second-order valence-electron chi connectivity index (χ2n) is 6.75. The third-order valence-corrected chi connectivity index (χ3v) is 6.62. The van der Waals surface area contributed by atoms with Crippen LogP contribution in [-0.4, -0.2) is 71.0 Å². The van der Waals surface area contributed by atoms with Gasteiger partial charge in [0.1, 0.15) is 5.75 Å². The normalized spacial score (nSPS) is 15.3. The first-order valence-electron chi connectivity index (χ1n) is 9.11. The first-order chi connectivity index (χ1) is 13.4.